The van der Waals surface area contributed by atoms with Crippen molar-refractivity contribution < 1.29 is 38.0 Å². The summed E-state index contributed by atoms with van der Waals surface area (Å²) in [5.74, 6) is 0.0141. The highest BCUT2D eigenvalue weighted by Gasteiger charge is 2.04. The monoisotopic (exact) mass is 299 g/mol. The number of allylic oxidation sites excluding steroid dienone is 1. The van der Waals surface area contributed by atoms with Gasteiger partial charge in [0.25, 0.3) is 0 Å². The molecule has 0 saturated carbocycles. The van der Waals surface area contributed by atoms with E-state index < -0.39 is 0 Å². The smallest absolute Gasteiger partial charge is 0.155 e. The highest BCUT2D eigenvalue weighted by atomic mass is 127. The molecule has 0 saturated heterocycles. The molecule has 0 aliphatic heterocycles. The fourth-order valence-electron chi connectivity index (χ4n) is 0.539. The lowest BCUT2D eigenvalue weighted by Gasteiger charge is -2.22. The molecule has 0 unspecified atom stereocenters. The third-order valence-electron chi connectivity index (χ3n) is 1.28. The van der Waals surface area contributed by atoms with Crippen molar-refractivity contribution in [3.63, 3.8) is 0 Å². The third-order valence-corrected chi connectivity index (χ3v) is 1.28. The van der Waals surface area contributed by atoms with E-state index in [4.69, 9.17) is 4.74 Å². The number of ether oxygens (including phenoxy) is 1. The minimum Gasteiger partial charge on any atom is -1.00 e. The van der Waals surface area contributed by atoms with Gasteiger partial charge < -0.3 is 33.2 Å². The Morgan fingerprint density at radius 1 is 1.38 bits per heavy atom. The van der Waals surface area contributed by atoms with Crippen molar-refractivity contribution in [2.24, 2.45) is 0 Å². The molecule has 0 radical (unpaired) electrons. The van der Waals surface area contributed by atoms with Crippen LogP contribution in [-0.4, -0.2) is 44.6 Å². The number of rotatable bonds is 5. The minimum absolute atomic E-state index is 0. The lowest BCUT2D eigenvalue weighted by molar-refractivity contribution is -0.870. The van der Waals surface area contributed by atoms with Crippen molar-refractivity contribution in [1.82, 2.24) is 0 Å². The van der Waals surface area contributed by atoms with E-state index in [0.717, 1.165) is 11.0 Å². The average molecular weight is 299 g/mol. The van der Waals surface area contributed by atoms with E-state index in [9.17, 15) is 4.79 Å². The predicted octanol–water partition coefficient (Wildman–Crippen LogP) is -2.18. The van der Waals surface area contributed by atoms with Gasteiger partial charge in [-0.05, 0) is 6.92 Å². The van der Waals surface area contributed by atoms with Crippen LogP contribution in [0.25, 0.3) is 0 Å². The molecular formula is C9H18INO2. The molecule has 3 nitrogen and oxygen atoms in total. The SMILES string of the molecule is CC(=O)/C=C/OCC[N+](C)(C)C.[I-]. The number of carbonyl (C=O) groups is 1. The Morgan fingerprint density at radius 3 is 2.31 bits per heavy atom. The molecule has 13 heavy (non-hydrogen) atoms. The molecule has 0 aliphatic carbocycles. The van der Waals surface area contributed by atoms with E-state index in [2.05, 4.69) is 21.1 Å². The van der Waals surface area contributed by atoms with Gasteiger partial charge in [0.05, 0.1) is 27.4 Å². The first kappa shape index (κ1) is 15.4. The van der Waals surface area contributed by atoms with Gasteiger partial charge in [-0.25, -0.2) is 0 Å². The van der Waals surface area contributed by atoms with E-state index in [-0.39, 0.29) is 29.8 Å². The maximum absolute atomic E-state index is 10.4. The topological polar surface area (TPSA) is 26.3 Å². The number of carbonyl (C=O) groups excluding carboxylic acids is 1. The van der Waals surface area contributed by atoms with Gasteiger partial charge in [-0.15, -0.1) is 0 Å². The molecular weight excluding hydrogens is 281 g/mol. The van der Waals surface area contributed by atoms with Crippen LogP contribution in [0.2, 0.25) is 0 Å². The molecule has 0 heterocycles. The summed E-state index contributed by atoms with van der Waals surface area (Å²) >= 11 is 0. The van der Waals surface area contributed by atoms with Crippen molar-refractivity contribution in [3.8, 4) is 0 Å². The predicted molar refractivity (Wildman–Crippen MR) is 48.7 cm³/mol. The Balaban J connectivity index is 0. The van der Waals surface area contributed by atoms with Crippen LogP contribution in [0.3, 0.4) is 0 Å². The Bertz CT molecular complexity index is 173. The molecule has 0 N–H and O–H groups in total. The number of quaternary nitrogens is 1. The van der Waals surface area contributed by atoms with Crippen molar-refractivity contribution in [3.05, 3.63) is 12.3 Å². The van der Waals surface area contributed by atoms with Gasteiger partial charge >= 0.3 is 0 Å². The maximum Gasteiger partial charge on any atom is 0.155 e. The highest BCUT2D eigenvalue weighted by molar-refractivity contribution is 5.86. The van der Waals surface area contributed by atoms with Crippen LogP contribution in [0.4, 0.5) is 0 Å². The van der Waals surface area contributed by atoms with Crippen LogP contribution >= 0.6 is 0 Å². The summed E-state index contributed by atoms with van der Waals surface area (Å²) in [5, 5.41) is 0. The summed E-state index contributed by atoms with van der Waals surface area (Å²) in [6.07, 6.45) is 2.88. The molecule has 0 spiro atoms. The van der Waals surface area contributed by atoms with Crippen LogP contribution in [0.1, 0.15) is 6.92 Å². The molecule has 78 valence electrons. The normalized spacial score (nSPS) is 11.1. The van der Waals surface area contributed by atoms with E-state index in [1.165, 1.54) is 19.3 Å². The van der Waals surface area contributed by atoms with Gasteiger partial charge in [0, 0.05) is 6.08 Å². The third kappa shape index (κ3) is 14.7. The molecule has 0 bridgehead atoms. The fraction of sp³-hybridized carbons (Fsp3) is 0.667. The second-order valence-electron chi connectivity index (χ2n) is 3.80. The second-order valence-corrected chi connectivity index (χ2v) is 3.80. The Kier molecular flexibility index (Phi) is 8.65. The molecule has 0 atom stereocenters. The molecule has 0 amide bonds. The Morgan fingerprint density at radius 2 is 1.92 bits per heavy atom. The molecule has 0 fully saturated rings. The molecule has 4 heteroatoms. The summed E-state index contributed by atoms with van der Waals surface area (Å²) < 4.78 is 5.97. The van der Waals surface area contributed by atoms with Crippen molar-refractivity contribution in [2.45, 2.75) is 6.92 Å². The average Bonchev–Trinajstić information content (AvgIpc) is 1.83. The summed E-state index contributed by atoms with van der Waals surface area (Å²) in [5.41, 5.74) is 0. The van der Waals surface area contributed by atoms with Crippen LogP contribution in [0.5, 0.6) is 0 Å². The zero-order valence-electron chi connectivity index (χ0n) is 8.71. The van der Waals surface area contributed by atoms with Crippen molar-refractivity contribution >= 4 is 5.78 Å². The lowest BCUT2D eigenvalue weighted by Crippen LogP contribution is -3.00. The summed E-state index contributed by atoms with van der Waals surface area (Å²) in [7, 11) is 6.29. The first-order valence-corrected chi connectivity index (χ1v) is 4.01. The molecule has 0 rings (SSSR count). The Hall–Kier alpha value is -0.100. The van der Waals surface area contributed by atoms with Crippen LogP contribution in [0.15, 0.2) is 12.3 Å². The zero-order valence-corrected chi connectivity index (χ0v) is 10.9. The summed E-state index contributed by atoms with van der Waals surface area (Å²) in [4.78, 5) is 10.4. The number of ketones is 1. The number of hydrogen-bond donors (Lipinski definition) is 0. The van der Waals surface area contributed by atoms with Crippen LogP contribution in [-0.2, 0) is 9.53 Å². The standard InChI is InChI=1S/C9H18NO2.HI/c1-9(11)5-7-12-8-6-10(2,3)4;/h5,7H,6,8H2,1-4H3;1H/q+1;/p-1/b7-5+;. The molecule has 0 aromatic carbocycles. The number of hydrogen-bond acceptors (Lipinski definition) is 2. The minimum atomic E-state index is 0. The first-order chi connectivity index (χ1) is 5.42. The van der Waals surface area contributed by atoms with E-state index in [1.807, 2.05) is 0 Å². The van der Waals surface area contributed by atoms with Gasteiger partial charge in [0.1, 0.15) is 13.2 Å². The van der Waals surface area contributed by atoms with Gasteiger partial charge in [-0.3, -0.25) is 4.79 Å². The molecule has 0 aromatic heterocycles. The Labute approximate surface area is 97.4 Å². The number of halogens is 1. The van der Waals surface area contributed by atoms with Crippen LogP contribution < -0.4 is 24.0 Å². The zero-order chi connectivity index (χ0) is 9.61. The quantitative estimate of drug-likeness (QED) is 0.190. The molecule has 0 aliphatic rings. The van der Waals surface area contributed by atoms with E-state index in [0.29, 0.717) is 6.61 Å². The fourth-order valence-corrected chi connectivity index (χ4v) is 0.539. The molecule has 0 aromatic rings. The van der Waals surface area contributed by atoms with Crippen molar-refractivity contribution in [1.29, 1.82) is 0 Å². The van der Waals surface area contributed by atoms with Gasteiger partial charge in [0.2, 0.25) is 0 Å². The summed E-state index contributed by atoms with van der Waals surface area (Å²) in [6.45, 7) is 3.08. The van der Waals surface area contributed by atoms with E-state index >= 15 is 0 Å². The first-order valence-electron chi connectivity index (χ1n) is 4.01. The highest BCUT2D eigenvalue weighted by Crippen LogP contribution is 1.89. The van der Waals surface area contributed by atoms with Crippen LogP contribution in [0, 0.1) is 0 Å². The number of likely N-dealkylation sites (N-methyl/N-ethyl adjacent to an activating group) is 1. The summed E-state index contributed by atoms with van der Waals surface area (Å²) in [6, 6.07) is 0. The van der Waals surface area contributed by atoms with E-state index in [1.54, 1.807) is 0 Å². The van der Waals surface area contributed by atoms with Gasteiger partial charge in [-0.1, -0.05) is 0 Å². The van der Waals surface area contributed by atoms with Gasteiger partial charge in [0.15, 0.2) is 5.78 Å². The van der Waals surface area contributed by atoms with Gasteiger partial charge in [-0.2, -0.15) is 0 Å². The maximum atomic E-state index is 10.4. The number of nitrogens with zero attached hydrogens (tertiary/aromatic N) is 1. The lowest BCUT2D eigenvalue weighted by atomic mass is 10.4. The second kappa shape index (κ2) is 7.32. The largest absolute Gasteiger partial charge is 1.00 e. The van der Waals surface area contributed by atoms with Crippen molar-refractivity contribution in [2.75, 3.05) is 34.3 Å².